The van der Waals surface area contributed by atoms with Gasteiger partial charge in [-0.25, -0.2) is 4.79 Å². The topological polar surface area (TPSA) is 38.3 Å². The summed E-state index contributed by atoms with van der Waals surface area (Å²) in [6.45, 7) is 5.22. The van der Waals surface area contributed by atoms with Crippen LogP contribution in [0, 0.1) is 6.92 Å². The number of carbonyl (C=O) groups is 1. The van der Waals surface area contributed by atoms with Crippen molar-refractivity contribution in [3.05, 3.63) is 41.0 Å². The predicted molar refractivity (Wildman–Crippen MR) is 72.0 cm³/mol. The van der Waals surface area contributed by atoms with E-state index in [9.17, 15) is 4.79 Å². The number of aryl methyl sites for hydroxylation is 1. The van der Waals surface area contributed by atoms with E-state index >= 15 is 0 Å². The van der Waals surface area contributed by atoms with Crippen molar-refractivity contribution in [3.63, 3.8) is 0 Å². The van der Waals surface area contributed by atoms with Crippen molar-refractivity contribution in [1.29, 1.82) is 0 Å². The van der Waals surface area contributed by atoms with E-state index in [0.717, 1.165) is 36.2 Å². The first kappa shape index (κ1) is 12.7. The smallest absolute Gasteiger partial charge is 0.336 e. The summed E-state index contributed by atoms with van der Waals surface area (Å²) >= 11 is 0. The third kappa shape index (κ3) is 2.73. The Labute approximate surface area is 108 Å². The maximum Gasteiger partial charge on any atom is 0.336 e. The molecule has 1 aliphatic rings. The second kappa shape index (κ2) is 5.71. The van der Waals surface area contributed by atoms with E-state index in [0.29, 0.717) is 6.61 Å². The maximum absolute atomic E-state index is 11.9. The molecule has 0 aliphatic carbocycles. The van der Waals surface area contributed by atoms with E-state index in [1.807, 2.05) is 19.1 Å². The Bertz CT molecular complexity index is 460. The molecule has 1 aliphatic heterocycles. The average Bonchev–Trinajstić information content (AvgIpc) is 2.40. The lowest BCUT2D eigenvalue weighted by Crippen LogP contribution is -2.25. The summed E-state index contributed by atoms with van der Waals surface area (Å²) in [5, 5.41) is 3.32. The molecule has 1 heterocycles. The Balaban J connectivity index is 2.35. The number of nitrogens with one attached hydrogen (secondary N) is 1. The zero-order valence-corrected chi connectivity index (χ0v) is 11.0. The fourth-order valence-electron chi connectivity index (χ4n) is 2.13. The molecule has 0 atom stereocenters. The van der Waals surface area contributed by atoms with Crippen molar-refractivity contribution >= 4 is 11.7 Å². The van der Waals surface area contributed by atoms with Gasteiger partial charge < -0.3 is 10.1 Å². The van der Waals surface area contributed by atoms with Gasteiger partial charge in [0.25, 0.3) is 0 Å². The van der Waals surface area contributed by atoms with Crippen molar-refractivity contribution in [2.45, 2.75) is 26.7 Å². The van der Waals surface area contributed by atoms with E-state index in [-0.39, 0.29) is 5.97 Å². The molecule has 3 heteroatoms. The van der Waals surface area contributed by atoms with Crippen LogP contribution in [0.2, 0.25) is 0 Å². The molecule has 18 heavy (non-hydrogen) atoms. The monoisotopic (exact) mass is 245 g/mol. The van der Waals surface area contributed by atoms with Crippen molar-refractivity contribution in [2.24, 2.45) is 0 Å². The highest BCUT2D eigenvalue weighted by Crippen LogP contribution is 2.24. The lowest BCUT2D eigenvalue weighted by Gasteiger charge is -2.21. The van der Waals surface area contributed by atoms with Crippen LogP contribution < -0.4 is 5.32 Å². The van der Waals surface area contributed by atoms with Crippen molar-refractivity contribution in [1.82, 2.24) is 5.32 Å². The van der Waals surface area contributed by atoms with Crippen LogP contribution in [0.3, 0.4) is 0 Å². The molecule has 0 radical (unpaired) electrons. The molecule has 2 rings (SSSR count). The fraction of sp³-hybridized carbons (Fsp3) is 0.400. The first-order valence-electron chi connectivity index (χ1n) is 6.43. The summed E-state index contributed by atoms with van der Waals surface area (Å²) in [4.78, 5) is 11.9. The van der Waals surface area contributed by atoms with Crippen LogP contribution in [0.4, 0.5) is 0 Å². The number of benzene rings is 1. The SMILES string of the molecule is CCOC(=O)C1=C(c2ccc(C)cc2)NCCC1. The Kier molecular flexibility index (Phi) is 4.03. The summed E-state index contributed by atoms with van der Waals surface area (Å²) in [6.07, 6.45) is 1.76. The summed E-state index contributed by atoms with van der Waals surface area (Å²) in [7, 11) is 0. The lowest BCUT2D eigenvalue weighted by molar-refractivity contribution is -0.138. The van der Waals surface area contributed by atoms with Gasteiger partial charge in [-0.2, -0.15) is 0 Å². The van der Waals surface area contributed by atoms with Gasteiger partial charge in [-0.15, -0.1) is 0 Å². The van der Waals surface area contributed by atoms with Gasteiger partial charge in [0.05, 0.1) is 17.9 Å². The molecule has 0 unspecified atom stereocenters. The van der Waals surface area contributed by atoms with Gasteiger partial charge in [0.2, 0.25) is 0 Å². The Hall–Kier alpha value is -1.77. The summed E-state index contributed by atoms with van der Waals surface area (Å²) in [5.74, 6) is -0.194. The molecule has 0 saturated carbocycles. The van der Waals surface area contributed by atoms with E-state index in [1.54, 1.807) is 0 Å². The van der Waals surface area contributed by atoms with Crippen LogP contribution in [-0.2, 0) is 9.53 Å². The highest BCUT2D eigenvalue weighted by Gasteiger charge is 2.20. The van der Waals surface area contributed by atoms with Crippen molar-refractivity contribution in [3.8, 4) is 0 Å². The molecule has 96 valence electrons. The number of carbonyl (C=O) groups excluding carboxylic acids is 1. The molecule has 3 nitrogen and oxygen atoms in total. The first-order valence-corrected chi connectivity index (χ1v) is 6.43. The molecular weight excluding hydrogens is 226 g/mol. The molecule has 0 aromatic heterocycles. The van der Waals surface area contributed by atoms with Crippen LogP contribution in [-0.4, -0.2) is 19.1 Å². The molecule has 0 bridgehead atoms. The number of esters is 1. The predicted octanol–water partition coefficient (Wildman–Crippen LogP) is 2.65. The molecule has 0 fully saturated rings. The molecule has 1 aromatic carbocycles. The standard InChI is InChI=1S/C15H19NO2/c1-3-18-15(17)13-5-4-10-16-14(13)12-8-6-11(2)7-9-12/h6-9,16H,3-5,10H2,1-2H3. The average molecular weight is 245 g/mol. The third-order valence-corrected chi connectivity index (χ3v) is 3.07. The zero-order chi connectivity index (χ0) is 13.0. The van der Waals surface area contributed by atoms with E-state index in [4.69, 9.17) is 4.74 Å². The van der Waals surface area contributed by atoms with E-state index in [2.05, 4.69) is 24.4 Å². The highest BCUT2D eigenvalue weighted by atomic mass is 16.5. The molecule has 0 amide bonds. The Morgan fingerprint density at radius 3 is 2.72 bits per heavy atom. The number of rotatable bonds is 3. The minimum atomic E-state index is -0.194. The third-order valence-electron chi connectivity index (χ3n) is 3.07. The molecular formula is C15H19NO2. The van der Waals surface area contributed by atoms with E-state index in [1.165, 1.54) is 5.56 Å². The van der Waals surface area contributed by atoms with Gasteiger partial charge in [-0.3, -0.25) is 0 Å². The quantitative estimate of drug-likeness (QED) is 0.832. The second-order valence-electron chi connectivity index (χ2n) is 4.47. The first-order chi connectivity index (χ1) is 8.72. The number of hydrogen-bond donors (Lipinski definition) is 1. The number of hydrogen-bond acceptors (Lipinski definition) is 3. The fourth-order valence-corrected chi connectivity index (χ4v) is 2.13. The van der Waals surface area contributed by atoms with Crippen LogP contribution in [0.15, 0.2) is 29.8 Å². The van der Waals surface area contributed by atoms with Gasteiger partial charge in [0.15, 0.2) is 0 Å². The molecule has 1 N–H and O–H groups in total. The minimum absolute atomic E-state index is 0.194. The zero-order valence-electron chi connectivity index (χ0n) is 11.0. The Morgan fingerprint density at radius 1 is 1.33 bits per heavy atom. The van der Waals surface area contributed by atoms with Crippen molar-refractivity contribution in [2.75, 3.05) is 13.2 Å². The number of ether oxygens (including phenoxy) is 1. The summed E-state index contributed by atoms with van der Waals surface area (Å²) < 4.78 is 5.12. The molecule has 1 aromatic rings. The second-order valence-corrected chi connectivity index (χ2v) is 4.47. The normalized spacial score (nSPS) is 15.2. The van der Waals surface area contributed by atoms with E-state index < -0.39 is 0 Å². The van der Waals surface area contributed by atoms with Crippen LogP contribution in [0.5, 0.6) is 0 Å². The van der Waals surface area contributed by atoms with Crippen LogP contribution in [0.1, 0.15) is 30.9 Å². The highest BCUT2D eigenvalue weighted by molar-refractivity contribution is 5.97. The van der Waals surface area contributed by atoms with Gasteiger partial charge in [-0.05, 0) is 32.3 Å². The van der Waals surface area contributed by atoms with Gasteiger partial charge in [0, 0.05) is 6.54 Å². The summed E-state index contributed by atoms with van der Waals surface area (Å²) in [6, 6.07) is 8.20. The maximum atomic E-state index is 11.9. The largest absolute Gasteiger partial charge is 0.463 e. The van der Waals surface area contributed by atoms with Gasteiger partial charge >= 0.3 is 5.97 Å². The molecule has 0 spiro atoms. The van der Waals surface area contributed by atoms with Crippen LogP contribution >= 0.6 is 0 Å². The van der Waals surface area contributed by atoms with Gasteiger partial charge in [0.1, 0.15) is 0 Å². The van der Waals surface area contributed by atoms with Crippen LogP contribution in [0.25, 0.3) is 5.70 Å². The summed E-state index contributed by atoms with van der Waals surface area (Å²) in [5.41, 5.74) is 3.97. The van der Waals surface area contributed by atoms with Gasteiger partial charge in [-0.1, -0.05) is 29.8 Å². The lowest BCUT2D eigenvalue weighted by atomic mass is 9.98. The van der Waals surface area contributed by atoms with Crippen molar-refractivity contribution < 1.29 is 9.53 Å². The minimum Gasteiger partial charge on any atom is -0.463 e. The molecule has 0 saturated heterocycles. The Morgan fingerprint density at radius 2 is 2.06 bits per heavy atom.